The van der Waals surface area contributed by atoms with E-state index < -0.39 is 11.2 Å². The van der Waals surface area contributed by atoms with Crippen LogP contribution in [0.3, 0.4) is 0 Å². The minimum atomic E-state index is -1.37. The van der Waals surface area contributed by atoms with Gasteiger partial charge in [0, 0.05) is 17.7 Å². The summed E-state index contributed by atoms with van der Waals surface area (Å²) >= 11 is 0. The zero-order valence-electron chi connectivity index (χ0n) is 20.1. The molecular weight excluding hydrogens is 398 g/mol. The number of anilines is 1. The van der Waals surface area contributed by atoms with Gasteiger partial charge < -0.3 is 15.2 Å². The standard InChI is InChI=1S/C28H33NO3/c1-17-18(2)25-22(15-23(17)29-24(30)16-26(3,4)5)28(31,27(6,7)32-25)21-13-12-19-10-8-9-11-20(19)14-21/h8-15,31H,16H2,1-7H3,(H,29,30). The Morgan fingerprint density at radius 2 is 1.66 bits per heavy atom. The van der Waals surface area contributed by atoms with E-state index in [0.717, 1.165) is 33.2 Å². The van der Waals surface area contributed by atoms with E-state index in [-0.39, 0.29) is 11.3 Å². The highest BCUT2D eigenvalue weighted by atomic mass is 16.5. The molecule has 3 aromatic carbocycles. The van der Waals surface area contributed by atoms with Gasteiger partial charge in [-0.3, -0.25) is 4.79 Å². The maximum atomic E-state index is 12.7. The highest BCUT2D eigenvalue weighted by Crippen LogP contribution is 2.54. The molecule has 1 atom stereocenters. The van der Waals surface area contributed by atoms with E-state index in [1.165, 1.54) is 0 Å². The van der Waals surface area contributed by atoms with Crippen LogP contribution in [0.2, 0.25) is 0 Å². The molecule has 0 fully saturated rings. The van der Waals surface area contributed by atoms with Gasteiger partial charge in [-0.1, -0.05) is 57.2 Å². The lowest BCUT2D eigenvalue weighted by molar-refractivity contribution is -0.117. The first kappa shape index (κ1) is 22.3. The Bertz CT molecular complexity index is 1220. The predicted octanol–water partition coefficient (Wildman–Crippen LogP) is 6.24. The Balaban J connectivity index is 1.86. The molecule has 0 saturated heterocycles. The fraction of sp³-hybridized carbons (Fsp3) is 0.393. The van der Waals surface area contributed by atoms with Crippen molar-refractivity contribution in [2.75, 3.05) is 5.32 Å². The van der Waals surface area contributed by atoms with Gasteiger partial charge in [0.05, 0.1) is 0 Å². The first-order valence-corrected chi connectivity index (χ1v) is 11.2. The van der Waals surface area contributed by atoms with Gasteiger partial charge in [-0.05, 0) is 72.7 Å². The summed E-state index contributed by atoms with van der Waals surface area (Å²) in [6, 6.07) is 16.0. The van der Waals surface area contributed by atoms with E-state index >= 15 is 0 Å². The molecule has 0 saturated carbocycles. The van der Waals surface area contributed by atoms with Crippen LogP contribution in [0.5, 0.6) is 5.75 Å². The van der Waals surface area contributed by atoms with E-state index in [1.807, 2.05) is 90.9 Å². The summed E-state index contributed by atoms with van der Waals surface area (Å²) in [5.74, 6) is 0.657. The second-order valence-electron chi connectivity index (χ2n) is 10.7. The molecule has 1 amide bonds. The molecule has 1 aliphatic rings. The van der Waals surface area contributed by atoms with Gasteiger partial charge in [-0.2, -0.15) is 0 Å². The number of hydrogen-bond donors (Lipinski definition) is 2. The van der Waals surface area contributed by atoms with E-state index in [4.69, 9.17) is 4.74 Å². The summed E-state index contributed by atoms with van der Waals surface area (Å²) in [6.45, 7) is 13.9. The fourth-order valence-corrected chi connectivity index (χ4v) is 4.67. The number of ether oxygens (including phenoxy) is 1. The molecule has 2 N–H and O–H groups in total. The van der Waals surface area contributed by atoms with E-state index in [1.54, 1.807) is 0 Å². The van der Waals surface area contributed by atoms with Crippen LogP contribution in [0.15, 0.2) is 48.5 Å². The number of hydrogen-bond acceptors (Lipinski definition) is 3. The zero-order valence-corrected chi connectivity index (χ0v) is 20.1. The Morgan fingerprint density at radius 3 is 2.31 bits per heavy atom. The number of aliphatic hydroxyl groups is 1. The molecule has 0 spiro atoms. The average Bonchev–Trinajstić information content (AvgIpc) is 2.91. The van der Waals surface area contributed by atoms with Gasteiger partial charge in [0.1, 0.15) is 11.4 Å². The molecule has 4 nitrogen and oxygen atoms in total. The molecule has 3 aromatic rings. The first-order valence-electron chi connectivity index (χ1n) is 11.2. The van der Waals surface area contributed by atoms with Crippen LogP contribution >= 0.6 is 0 Å². The third kappa shape index (κ3) is 3.57. The average molecular weight is 432 g/mol. The minimum absolute atomic E-state index is 0.0348. The van der Waals surface area contributed by atoms with Gasteiger partial charge in [0.15, 0.2) is 5.60 Å². The zero-order chi connectivity index (χ0) is 23.5. The molecule has 0 aliphatic carbocycles. The van der Waals surface area contributed by atoms with Crippen LogP contribution in [0.4, 0.5) is 5.69 Å². The Hall–Kier alpha value is -2.85. The van der Waals surface area contributed by atoms with Crippen LogP contribution in [0.25, 0.3) is 10.8 Å². The van der Waals surface area contributed by atoms with Crippen LogP contribution in [-0.2, 0) is 10.4 Å². The molecule has 1 unspecified atom stereocenters. The molecule has 0 radical (unpaired) electrons. The van der Waals surface area contributed by atoms with Crippen molar-refractivity contribution in [2.24, 2.45) is 5.41 Å². The first-order chi connectivity index (χ1) is 14.8. The molecular formula is C28H33NO3. The molecule has 1 aliphatic heterocycles. The van der Waals surface area contributed by atoms with Crippen molar-refractivity contribution < 1.29 is 14.6 Å². The van der Waals surface area contributed by atoms with E-state index in [0.29, 0.717) is 17.7 Å². The van der Waals surface area contributed by atoms with Crippen LogP contribution in [0, 0.1) is 19.3 Å². The van der Waals surface area contributed by atoms with Crippen molar-refractivity contribution >= 4 is 22.4 Å². The molecule has 4 rings (SSSR count). The van der Waals surface area contributed by atoms with Gasteiger partial charge in [-0.15, -0.1) is 0 Å². The molecule has 0 aromatic heterocycles. The number of carbonyl (C=O) groups is 1. The fourth-order valence-electron chi connectivity index (χ4n) is 4.67. The lowest BCUT2D eigenvalue weighted by atomic mass is 9.75. The summed E-state index contributed by atoms with van der Waals surface area (Å²) in [4.78, 5) is 12.7. The largest absolute Gasteiger partial charge is 0.483 e. The van der Waals surface area contributed by atoms with Crippen molar-refractivity contribution in [3.8, 4) is 5.75 Å². The summed E-state index contributed by atoms with van der Waals surface area (Å²) in [6.07, 6.45) is 0.416. The quantitative estimate of drug-likeness (QED) is 0.516. The highest BCUT2D eigenvalue weighted by molar-refractivity contribution is 5.93. The van der Waals surface area contributed by atoms with Gasteiger partial charge in [0.2, 0.25) is 5.91 Å². The SMILES string of the molecule is Cc1c(NC(=O)CC(C)(C)C)cc2c(c1C)OC(C)(C)C2(O)c1ccc2ccccc2c1. The third-order valence-corrected chi connectivity index (χ3v) is 6.59. The lowest BCUT2D eigenvalue weighted by Crippen LogP contribution is -2.47. The van der Waals surface area contributed by atoms with Crippen LogP contribution in [0.1, 0.15) is 63.3 Å². The van der Waals surface area contributed by atoms with Gasteiger partial charge in [0.25, 0.3) is 0 Å². The Morgan fingerprint density at radius 1 is 1.00 bits per heavy atom. The number of nitrogens with one attached hydrogen (secondary N) is 1. The highest BCUT2D eigenvalue weighted by Gasteiger charge is 2.56. The predicted molar refractivity (Wildman–Crippen MR) is 130 cm³/mol. The molecule has 1 heterocycles. The number of carbonyl (C=O) groups excluding carboxylic acids is 1. The van der Waals surface area contributed by atoms with Crippen molar-refractivity contribution in [1.29, 1.82) is 0 Å². The smallest absolute Gasteiger partial charge is 0.224 e. The minimum Gasteiger partial charge on any atom is -0.483 e. The topological polar surface area (TPSA) is 58.6 Å². The summed E-state index contributed by atoms with van der Waals surface area (Å²) in [5.41, 5.74) is 1.69. The molecule has 4 heteroatoms. The lowest BCUT2D eigenvalue weighted by Gasteiger charge is -2.36. The number of amides is 1. The van der Waals surface area contributed by atoms with Crippen molar-refractivity contribution in [3.05, 3.63) is 70.8 Å². The van der Waals surface area contributed by atoms with Crippen LogP contribution < -0.4 is 10.1 Å². The van der Waals surface area contributed by atoms with Crippen LogP contribution in [-0.4, -0.2) is 16.6 Å². The second kappa shape index (κ2) is 7.35. The monoisotopic (exact) mass is 431 g/mol. The normalized spacial score (nSPS) is 19.5. The molecule has 32 heavy (non-hydrogen) atoms. The van der Waals surface area contributed by atoms with Crippen molar-refractivity contribution in [3.63, 3.8) is 0 Å². The maximum Gasteiger partial charge on any atom is 0.224 e. The van der Waals surface area contributed by atoms with Gasteiger partial charge >= 0.3 is 0 Å². The second-order valence-corrected chi connectivity index (χ2v) is 10.7. The Kier molecular flexibility index (Phi) is 5.13. The number of benzene rings is 3. The summed E-state index contributed by atoms with van der Waals surface area (Å²) in [7, 11) is 0. The molecule has 168 valence electrons. The van der Waals surface area contributed by atoms with E-state index in [2.05, 4.69) is 11.4 Å². The molecule has 0 bridgehead atoms. The Labute approximate surface area is 190 Å². The summed E-state index contributed by atoms with van der Waals surface area (Å²) in [5, 5.41) is 17.5. The third-order valence-electron chi connectivity index (χ3n) is 6.59. The van der Waals surface area contributed by atoms with Crippen molar-refractivity contribution in [1.82, 2.24) is 0 Å². The van der Waals surface area contributed by atoms with Crippen molar-refractivity contribution in [2.45, 2.75) is 66.1 Å². The van der Waals surface area contributed by atoms with E-state index in [9.17, 15) is 9.90 Å². The number of rotatable bonds is 3. The van der Waals surface area contributed by atoms with Gasteiger partial charge in [-0.25, -0.2) is 0 Å². The number of fused-ring (bicyclic) bond motifs is 2. The summed E-state index contributed by atoms with van der Waals surface area (Å²) < 4.78 is 6.37. The maximum absolute atomic E-state index is 12.7.